The second kappa shape index (κ2) is 4.28. The van der Waals surface area contributed by atoms with Crippen LogP contribution in [0.1, 0.15) is 39.0 Å². The number of Topliss-reactive ketones (excluding diaryl/α,β-unsaturated/α-hetero) is 1. The normalized spacial score (nSPS) is 45.0. The Morgan fingerprint density at radius 1 is 1.24 bits per heavy atom. The standard InChI is InChI=1S/C19H22O2/c1-11-9-16-14(13-4-3-12(20)10-15(11)13)7-8-19(2)17(16)5-6-18(19)21/h3-4,10,13-14,16-17H,1,5-9H2,2H3. The van der Waals surface area contributed by atoms with E-state index >= 15 is 0 Å². The Morgan fingerprint density at radius 2 is 2.05 bits per heavy atom. The quantitative estimate of drug-likeness (QED) is 0.680. The van der Waals surface area contributed by atoms with E-state index in [1.54, 1.807) is 12.2 Å². The molecule has 0 N–H and O–H groups in total. The molecular weight excluding hydrogens is 260 g/mol. The minimum atomic E-state index is -0.0864. The number of fused-ring (bicyclic) bond motifs is 5. The van der Waals surface area contributed by atoms with Crippen LogP contribution < -0.4 is 0 Å². The second-order valence-electron chi connectivity index (χ2n) is 7.55. The molecule has 0 aromatic heterocycles. The van der Waals surface area contributed by atoms with Crippen molar-refractivity contribution in [1.82, 2.24) is 0 Å². The van der Waals surface area contributed by atoms with E-state index < -0.39 is 0 Å². The third-order valence-electron chi connectivity index (χ3n) is 6.68. The minimum Gasteiger partial charge on any atom is -0.299 e. The van der Waals surface area contributed by atoms with Crippen molar-refractivity contribution < 1.29 is 9.59 Å². The van der Waals surface area contributed by atoms with Gasteiger partial charge >= 0.3 is 0 Å². The maximum absolute atomic E-state index is 12.3. The van der Waals surface area contributed by atoms with E-state index in [0.29, 0.717) is 29.5 Å². The van der Waals surface area contributed by atoms with Crippen LogP contribution in [0.2, 0.25) is 0 Å². The molecule has 3 saturated carbocycles. The highest BCUT2D eigenvalue weighted by Crippen LogP contribution is 2.60. The summed E-state index contributed by atoms with van der Waals surface area (Å²) in [5.74, 6) is 2.62. The molecule has 2 nitrogen and oxygen atoms in total. The molecule has 0 spiro atoms. The molecule has 2 heteroatoms. The van der Waals surface area contributed by atoms with Gasteiger partial charge in [0.2, 0.25) is 0 Å². The van der Waals surface area contributed by atoms with Gasteiger partial charge in [-0.2, -0.15) is 0 Å². The van der Waals surface area contributed by atoms with Gasteiger partial charge in [-0.1, -0.05) is 25.2 Å². The number of rotatable bonds is 0. The largest absolute Gasteiger partial charge is 0.299 e. The summed E-state index contributed by atoms with van der Waals surface area (Å²) in [5, 5.41) is 0. The van der Waals surface area contributed by atoms with Gasteiger partial charge in [-0.05, 0) is 61.2 Å². The molecule has 5 atom stereocenters. The second-order valence-corrected chi connectivity index (χ2v) is 7.55. The molecule has 0 heterocycles. The zero-order chi connectivity index (χ0) is 14.8. The highest BCUT2D eigenvalue weighted by molar-refractivity contribution is 6.01. The molecule has 0 saturated heterocycles. The van der Waals surface area contributed by atoms with E-state index in [2.05, 4.69) is 19.6 Å². The first kappa shape index (κ1) is 13.2. The Bertz CT molecular complexity index is 609. The monoisotopic (exact) mass is 282 g/mol. The topological polar surface area (TPSA) is 34.1 Å². The highest BCUT2D eigenvalue weighted by atomic mass is 16.1. The van der Waals surface area contributed by atoms with Crippen LogP contribution in [0.3, 0.4) is 0 Å². The van der Waals surface area contributed by atoms with Crippen molar-refractivity contribution in [3.05, 3.63) is 36.0 Å². The fourth-order valence-corrected chi connectivity index (χ4v) is 5.54. The van der Waals surface area contributed by atoms with Gasteiger partial charge in [-0.15, -0.1) is 0 Å². The van der Waals surface area contributed by atoms with Crippen molar-refractivity contribution in [2.75, 3.05) is 0 Å². The van der Waals surface area contributed by atoms with E-state index in [1.165, 1.54) is 0 Å². The summed E-state index contributed by atoms with van der Waals surface area (Å²) >= 11 is 0. The summed E-state index contributed by atoms with van der Waals surface area (Å²) in [4.78, 5) is 24.0. The minimum absolute atomic E-state index is 0.0864. The van der Waals surface area contributed by atoms with Gasteiger partial charge in [0.1, 0.15) is 5.78 Å². The van der Waals surface area contributed by atoms with Gasteiger partial charge in [-0.25, -0.2) is 0 Å². The molecule has 4 aliphatic rings. The maximum Gasteiger partial charge on any atom is 0.178 e. The maximum atomic E-state index is 12.3. The van der Waals surface area contributed by atoms with Crippen molar-refractivity contribution in [2.45, 2.75) is 39.0 Å². The van der Waals surface area contributed by atoms with E-state index in [1.807, 2.05) is 0 Å². The summed E-state index contributed by atoms with van der Waals surface area (Å²) in [5.41, 5.74) is 2.20. The van der Waals surface area contributed by atoms with E-state index in [9.17, 15) is 9.59 Å². The molecule has 0 amide bonds. The van der Waals surface area contributed by atoms with E-state index in [0.717, 1.165) is 43.3 Å². The lowest BCUT2D eigenvalue weighted by Crippen LogP contribution is -2.46. The first-order valence-electron chi connectivity index (χ1n) is 8.16. The van der Waals surface area contributed by atoms with Gasteiger partial charge in [0, 0.05) is 17.8 Å². The van der Waals surface area contributed by atoms with Gasteiger partial charge in [-0.3, -0.25) is 9.59 Å². The van der Waals surface area contributed by atoms with E-state index in [4.69, 9.17) is 0 Å². The third kappa shape index (κ3) is 1.71. The molecule has 0 radical (unpaired) electrons. The first-order chi connectivity index (χ1) is 10.0. The molecule has 3 fully saturated rings. The number of hydrogen-bond donors (Lipinski definition) is 0. The van der Waals surface area contributed by atoms with Crippen LogP contribution in [-0.2, 0) is 9.59 Å². The lowest BCUT2D eigenvalue weighted by atomic mass is 9.52. The van der Waals surface area contributed by atoms with Crippen LogP contribution >= 0.6 is 0 Å². The Kier molecular flexibility index (Phi) is 2.70. The van der Waals surface area contributed by atoms with Crippen molar-refractivity contribution in [3.63, 3.8) is 0 Å². The zero-order valence-electron chi connectivity index (χ0n) is 12.6. The molecule has 110 valence electrons. The molecule has 0 aromatic rings. The van der Waals surface area contributed by atoms with Gasteiger partial charge in [0.15, 0.2) is 5.78 Å². The number of ketones is 2. The smallest absolute Gasteiger partial charge is 0.178 e. The molecule has 0 aromatic carbocycles. The fourth-order valence-electron chi connectivity index (χ4n) is 5.54. The first-order valence-corrected chi connectivity index (χ1v) is 8.16. The van der Waals surface area contributed by atoms with Crippen LogP contribution in [0.15, 0.2) is 36.0 Å². The van der Waals surface area contributed by atoms with E-state index in [-0.39, 0.29) is 11.2 Å². The van der Waals surface area contributed by atoms with Crippen LogP contribution in [0.25, 0.3) is 0 Å². The average molecular weight is 282 g/mol. The summed E-state index contributed by atoms with van der Waals surface area (Å²) in [6.45, 7) is 6.43. The number of carbonyl (C=O) groups excluding carboxylic acids is 2. The molecule has 4 rings (SSSR count). The summed E-state index contributed by atoms with van der Waals surface area (Å²) in [6, 6.07) is 0. The zero-order valence-corrected chi connectivity index (χ0v) is 12.6. The predicted molar refractivity (Wildman–Crippen MR) is 81.5 cm³/mol. The van der Waals surface area contributed by atoms with Crippen LogP contribution in [0.5, 0.6) is 0 Å². The van der Waals surface area contributed by atoms with Crippen LogP contribution in [0, 0.1) is 29.1 Å². The Labute approximate surface area is 126 Å². The summed E-state index contributed by atoms with van der Waals surface area (Å²) in [6.07, 6.45) is 10.5. The average Bonchev–Trinajstić information content (AvgIpc) is 2.76. The van der Waals surface area contributed by atoms with Gasteiger partial charge in [0.25, 0.3) is 0 Å². The molecule has 0 aliphatic heterocycles. The van der Waals surface area contributed by atoms with Crippen LogP contribution in [0.4, 0.5) is 0 Å². The molecule has 5 unspecified atom stereocenters. The number of carbonyl (C=O) groups is 2. The lowest BCUT2D eigenvalue weighted by Gasteiger charge is -2.51. The number of allylic oxidation sites excluding steroid dienone is 5. The predicted octanol–water partition coefficient (Wildman–Crippen LogP) is 3.64. The van der Waals surface area contributed by atoms with Gasteiger partial charge < -0.3 is 0 Å². The van der Waals surface area contributed by atoms with Crippen molar-refractivity contribution in [2.24, 2.45) is 29.1 Å². The summed E-state index contributed by atoms with van der Waals surface area (Å²) < 4.78 is 0. The molecule has 4 aliphatic carbocycles. The SMILES string of the molecule is C=C1CC2C(CCC3(C)C(=O)CCC23)C2C=CC(=O)C=C12. The van der Waals surface area contributed by atoms with Crippen molar-refractivity contribution in [1.29, 1.82) is 0 Å². The highest BCUT2D eigenvalue weighted by Gasteiger charge is 2.56. The Morgan fingerprint density at radius 3 is 2.86 bits per heavy atom. The van der Waals surface area contributed by atoms with Gasteiger partial charge in [0.05, 0.1) is 0 Å². The number of hydrogen-bond acceptors (Lipinski definition) is 2. The van der Waals surface area contributed by atoms with Crippen molar-refractivity contribution >= 4 is 11.6 Å². The molecule has 0 bridgehead atoms. The lowest BCUT2D eigenvalue weighted by molar-refractivity contribution is -0.130. The summed E-state index contributed by atoms with van der Waals surface area (Å²) in [7, 11) is 0. The Hall–Kier alpha value is -1.44. The van der Waals surface area contributed by atoms with Crippen LogP contribution in [-0.4, -0.2) is 11.6 Å². The Balaban J connectivity index is 1.72. The van der Waals surface area contributed by atoms with Crippen molar-refractivity contribution in [3.8, 4) is 0 Å². The molecular formula is C19H22O2. The molecule has 21 heavy (non-hydrogen) atoms. The fraction of sp³-hybridized carbons (Fsp3) is 0.579. The third-order valence-corrected chi connectivity index (χ3v) is 6.68.